The van der Waals surface area contributed by atoms with Gasteiger partial charge in [-0.1, -0.05) is 62.4 Å². The Morgan fingerprint density at radius 3 is 2.09 bits per heavy atom. The molecule has 1 heterocycles. The highest BCUT2D eigenvalue weighted by Crippen LogP contribution is 2.64. The maximum Gasteiger partial charge on any atom is 0.350 e. The average molecular weight is 1040 g/mol. The average Bonchev–Trinajstić information content (AvgIpc) is 3.34. The summed E-state index contributed by atoms with van der Waals surface area (Å²) in [7, 11) is 0. The van der Waals surface area contributed by atoms with Gasteiger partial charge >= 0.3 is 29.8 Å². The summed E-state index contributed by atoms with van der Waals surface area (Å²) >= 11 is 0. The summed E-state index contributed by atoms with van der Waals surface area (Å²) in [5.41, 5.74) is -7.80. The first-order chi connectivity index (χ1) is 35.0. The van der Waals surface area contributed by atoms with Crippen molar-refractivity contribution in [1.82, 2.24) is 10.6 Å². The van der Waals surface area contributed by atoms with Gasteiger partial charge in [-0.25, -0.2) is 14.4 Å². The van der Waals surface area contributed by atoms with Gasteiger partial charge in [-0.05, 0) is 49.1 Å². The van der Waals surface area contributed by atoms with Crippen LogP contribution < -0.4 is 10.6 Å². The SMILES string of the molecule is CC(=O)N[C@@H](c1ccccc1)[C@@H](OC(=O)CNC(=O)CCOCCCOCCOCC(=O)O)C(=O)O[C@H]1C[C@@]2(O)[C@@H](OC(=O)c3ccccc3)C3C(C)(C(=O)[C@H](O)C(=C1C)C2(C)C)[C@@H](O)CC1OC[C@]13OC(C)=O. The lowest BCUT2D eigenvalue weighted by Crippen LogP contribution is -2.81. The molecule has 2 amide bonds. The van der Waals surface area contributed by atoms with Crippen LogP contribution in [0.15, 0.2) is 71.8 Å². The zero-order valence-corrected chi connectivity index (χ0v) is 42.2. The maximum atomic E-state index is 15.2. The molecule has 6 rings (SSSR count). The fourth-order valence-corrected chi connectivity index (χ4v) is 10.8. The number of ketones is 1. The van der Waals surface area contributed by atoms with E-state index in [4.69, 9.17) is 43.0 Å². The smallest absolute Gasteiger partial charge is 0.350 e. The summed E-state index contributed by atoms with van der Waals surface area (Å²) in [6.07, 6.45) is -10.8. The number of aliphatic hydroxyl groups is 3. The van der Waals surface area contributed by atoms with Gasteiger partial charge in [-0.2, -0.15) is 0 Å². The molecule has 0 radical (unpaired) electrons. The molecule has 6 N–H and O–H groups in total. The molecule has 3 aliphatic carbocycles. The summed E-state index contributed by atoms with van der Waals surface area (Å²) in [5, 5.41) is 51.7. The number of rotatable bonds is 23. The number of aliphatic carboxylic acids is 1. The van der Waals surface area contributed by atoms with Gasteiger partial charge in [0.15, 0.2) is 11.4 Å². The molecule has 0 spiro atoms. The highest BCUT2D eigenvalue weighted by molar-refractivity contribution is 5.94. The van der Waals surface area contributed by atoms with E-state index in [0.717, 1.165) is 6.92 Å². The normalized spacial score (nSPS) is 28.5. The molecule has 2 aromatic rings. The third kappa shape index (κ3) is 12.0. The van der Waals surface area contributed by atoms with Gasteiger partial charge in [0.05, 0.1) is 49.4 Å². The first kappa shape index (κ1) is 57.1. The van der Waals surface area contributed by atoms with Gasteiger partial charge in [0.2, 0.25) is 17.9 Å². The lowest BCUT2D eigenvalue weighted by Gasteiger charge is -2.67. The fraction of sp³-hybridized carbons (Fsp3) is 0.577. The number of carboxylic acid groups (broad SMARTS) is 1. The topological polar surface area (TPSA) is 315 Å². The van der Waals surface area contributed by atoms with Crippen LogP contribution in [-0.4, -0.2) is 168 Å². The number of amides is 2. The lowest BCUT2D eigenvalue weighted by molar-refractivity contribution is -0.346. The van der Waals surface area contributed by atoms with Crippen molar-refractivity contribution in [2.75, 3.05) is 52.8 Å². The quantitative estimate of drug-likeness (QED) is 0.0397. The Morgan fingerprint density at radius 2 is 1.49 bits per heavy atom. The minimum Gasteiger partial charge on any atom is -0.480 e. The van der Waals surface area contributed by atoms with Gasteiger partial charge in [0.1, 0.15) is 49.2 Å². The molecule has 1 aliphatic heterocycles. The van der Waals surface area contributed by atoms with Gasteiger partial charge < -0.3 is 69.0 Å². The summed E-state index contributed by atoms with van der Waals surface area (Å²) in [6.45, 7) is 7.41. The van der Waals surface area contributed by atoms with Crippen LogP contribution in [0.2, 0.25) is 0 Å². The molecule has 404 valence electrons. The van der Waals surface area contributed by atoms with Crippen molar-refractivity contribution in [1.29, 1.82) is 0 Å². The number of hydrogen-bond donors (Lipinski definition) is 6. The van der Waals surface area contributed by atoms with Gasteiger partial charge in [-0.3, -0.25) is 24.0 Å². The molecule has 0 aromatic heterocycles. The number of esters is 4. The number of carbonyl (C=O) groups excluding carboxylic acids is 7. The molecule has 2 bridgehead atoms. The number of ether oxygens (including phenoxy) is 8. The molecule has 2 saturated carbocycles. The van der Waals surface area contributed by atoms with E-state index in [0.29, 0.717) is 13.0 Å². The molecule has 74 heavy (non-hydrogen) atoms. The third-order valence-corrected chi connectivity index (χ3v) is 14.6. The second-order valence-corrected chi connectivity index (χ2v) is 19.6. The van der Waals surface area contributed by atoms with E-state index in [9.17, 15) is 48.9 Å². The van der Waals surface area contributed by atoms with E-state index in [1.165, 1.54) is 46.8 Å². The van der Waals surface area contributed by atoms with Crippen molar-refractivity contribution in [3.05, 3.63) is 82.9 Å². The number of benzene rings is 2. The van der Waals surface area contributed by atoms with Crippen LogP contribution in [0.1, 0.15) is 89.2 Å². The minimum atomic E-state index is -2.46. The Kier molecular flexibility index (Phi) is 18.6. The number of nitrogens with one attached hydrogen (secondary N) is 2. The van der Waals surface area contributed by atoms with Crippen LogP contribution in [-0.2, 0) is 71.5 Å². The van der Waals surface area contributed by atoms with E-state index in [2.05, 4.69) is 10.6 Å². The number of aliphatic hydroxyl groups excluding tert-OH is 2. The second-order valence-electron chi connectivity index (χ2n) is 19.6. The maximum absolute atomic E-state index is 15.2. The minimum absolute atomic E-state index is 0.0260. The lowest BCUT2D eigenvalue weighted by atomic mass is 9.44. The summed E-state index contributed by atoms with van der Waals surface area (Å²) in [5.74, 6) is -9.10. The van der Waals surface area contributed by atoms with E-state index >= 15 is 4.79 Å². The number of Topliss-reactive ketones (excluding diaryl/α,β-unsaturated/α-hetero) is 1. The van der Waals surface area contributed by atoms with E-state index in [1.807, 2.05) is 0 Å². The number of hydrogen-bond acceptors (Lipinski definition) is 19. The molecule has 3 fully saturated rings. The van der Waals surface area contributed by atoms with E-state index in [1.54, 1.807) is 48.5 Å². The molecular weight excluding hydrogens is 973 g/mol. The van der Waals surface area contributed by atoms with Crippen molar-refractivity contribution in [2.45, 2.75) is 121 Å². The zero-order valence-electron chi connectivity index (χ0n) is 42.2. The van der Waals surface area contributed by atoms with Crippen LogP contribution in [0, 0.1) is 16.7 Å². The monoisotopic (exact) mass is 1040 g/mol. The Balaban J connectivity index is 1.30. The molecule has 1 saturated heterocycles. The van der Waals surface area contributed by atoms with E-state index < -0.39 is 138 Å². The van der Waals surface area contributed by atoms with Crippen molar-refractivity contribution >= 4 is 47.4 Å². The second kappa shape index (κ2) is 24.0. The molecule has 11 atom stereocenters. The Labute approximate surface area is 427 Å². The van der Waals surface area contributed by atoms with Crippen LogP contribution in [0.3, 0.4) is 0 Å². The van der Waals surface area contributed by atoms with Gasteiger partial charge in [0, 0.05) is 51.7 Å². The van der Waals surface area contributed by atoms with Crippen molar-refractivity contribution in [3.8, 4) is 0 Å². The number of carbonyl (C=O) groups is 8. The molecule has 22 nitrogen and oxygen atoms in total. The first-order valence-corrected chi connectivity index (χ1v) is 24.3. The van der Waals surface area contributed by atoms with Gasteiger partial charge in [0.25, 0.3) is 0 Å². The van der Waals surface area contributed by atoms with Gasteiger partial charge in [-0.15, -0.1) is 0 Å². The predicted molar refractivity (Wildman–Crippen MR) is 254 cm³/mol. The Bertz CT molecular complexity index is 2430. The van der Waals surface area contributed by atoms with E-state index in [-0.39, 0.29) is 68.1 Å². The van der Waals surface area contributed by atoms with Crippen LogP contribution in [0.5, 0.6) is 0 Å². The number of fused-ring (bicyclic) bond motifs is 5. The molecule has 3 unspecified atom stereocenters. The summed E-state index contributed by atoms with van der Waals surface area (Å²) < 4.78 is 45.9. The Morgan fingerprint density at radius 1 is 0.851 bits per heavy atom. The largest absolute Gasteiger partial charge is 0.480 e. The third-order valence-electron chi connectivity index (χ3n) is 14.6. The summed E-state index contributed by atoms with van der Waals surface area (Å²) in [4.78, 5) is 107. The van der Waals surface area contributed by atoms with Crippen molar-refractivity contribution in [3.63, 3.8) is 0 Å². The molecule has 2 aromatic carbocycles. The predicted octanol–water partition coefficient (Wildman–Crippen LogP) is 1.45. The Hall–Kier alpha value is -6.14. The van der Waals surface area contributed by atoms with Crippen molar-refractivity contribution in [2.24, 2.45) is 16.7 Å². The molecular formula is C52H66N2O20. The van der Waals surface area contributed by atoms with Crippen LogP contribution >= 0.6 is 0 Å². The highest BCUT2D eigenvalue weighted by atomic mass is 16.6. The number of carboxylic acids is 1. The fourth-order valence-electron chi connectivity index (χ4n) is 10.8. The first-order valence-electron chi connectivity index (χ1n) is 24.3. The standard InChI is InChI=1S/C52H66N2O20/c1-29-34(71-48(65)43(41(54-30(2)55)32-14-9-7-10-15-32)72-39(61)26-53-37(58)18-21-67-19-13-20-68-22-23-69-27-38(59)60)25-52(66)46(73-47(64)33-16-11-8-12-17-33)44-50(6,45(63)42(62)40(29)49(52,4)5)35(57)24-36-51(44,28-70-36)74-31(3)56/h7-12,14-17,34-36,41-44,46,57,62,66H,13,18-28H2,1-6H3,(H,53,58)(H,54,55)(H,59,60)/t34-,35-,36?,41-,42+,43+,44?,46-,50?,51-,52+/m0/s1. The summed E-state index contributed by atoms with van der Waals surface area (Å²) in [6, 6.07) is 14.3. The molecule has 22 heteroatoms. The highest BCUT2D eigenvalue weighted by Gasteiger charge is 2.78. The zero-order chi connectivity index (χ0) is 54.2. The molecule has 4 aliphatic rings. The van der Waals surface area contributed by atoms with Crippen molar-refractivity contribution < 1.29 is 96.7 Å². The van der Waals surface area contributed by atoms with Crippen LogP contribution in [0.4, 0.5) is 0 Å². The van der Waals surface area contributed by atoms with Crippen LogP contribution in [0.25, 0.3) is 0 Å².